The molecule has 2 nitrogen and oxygen atoms in total. The summed E-state index contributed by atoms with van der Waals surface area (Å²) in [6.07, 6.45) is 1.14. The highest BCUT2D eigenvalue weighted by Crippen LogP contribution is 1.74. The molecule has 0 aliphatic rings. The number of carbonyl (C=O) groups excluding carboxylic acids is 1. The number of rotatable bonds is 2. The number of ether oxygens (including phenoxy) is 1. The van der Waals surface area contributed by atoms with Crippen LogP contribution in [0.25, 0.3) is 0 Å². The molecular weight excluding hydrogens is 95.0 g/mol. The molecule has 0 aromatic heterocycles. The van der Waals surface area contributed by atoms with Crippen molar-refractivity contribution >= 4 is 5.97 Å². The van der Waals surface area contributed by atoms with E-state index in [4.69, 9.17) is 0 Å². The topological polar surface area (TPSA) is 26.3 Å². The van der Waals surface area contributed by atoms with Crippen LogP contribution >= 0.6 is 0 Å². The monoisotopic (exact) mass is 103 g/mol. The fourth-order valence-corrected chi connectivity index (χ4v) is 0.201. The third-order valence-corrected chi connectivity index (χ3v) is 0.453. The predicted molar refractivity (Wildman–Crippen MR) is 26.8 cm³/mol. The van der Waals surface area contributed by atoms with Gasteiger partial charge in [-0.3, -0.25) is 0 Å². The zero-order chi connectivity index (χ0) is 5.70. The van der Waals surface area contributed by atoms with Gasteiger partial charge >= 0.3 is 5.97 Å². The summed E-state index contributed by atoms with van der Waals surface area (Å²) in [5, 5.41) is 0. The molecule has 0 aromatic carbocycles. The van der Waals surface area contributed by atoms with Gasteiger partial charge in [0.25, 0.3) is 0 Å². The van der Waals surface area contributed by atoms with Gasteiger partial charge in [0.15, 0.2) is 0 Å². The van der Waals surface area contributed by atoms with Crippen molar-refractivity contribution in [3.05, 3.63) is 12.7 Å². The Hall–Kier alpha value is -0.790. The minimum atomic E-state index is -0.359. The molecule has 0 unspecified atom stereocenters. The summed E-state index contributed by atoms with van der Waals surface area (Å²) in [5.41, 5.74) is 0. The summed E-state index contributed by atoms with van der Waals surface area (Å²) in [6.45, 7) is 5.38. The van der Waals surface area contributed by atoms with Gasteiger partial charge in [0.05, 0.1) is 6.61 Å². The standard InChI is InChI=1S/C5H8O2/c1-3-5(6)7-4-2/h3H,1,4H2,2H3/i1+1,3+1,5+1. The van der Waals surface area contributed by atoms with Gasteiger partial charge in [0, 0.05) is 6.08 Å². The lowest BCUT2D eigenvalue weighted by molar-refractivity contribution is -0.137. The lowest BCUT2D eigenvalue weighted by Crippen LogP contribution is -1.97. The van der Waals surface area contributed by atoms with Crippen LogP contribution in [0, 0.1) is 0 Å². The average Bonchev–Trinajstić information content (AvgIpc) is 1.68. The molecule has 0 aliphatic carbocycles. The van der Waals surface area contributed by atoms with Crippen LogP contribution in [0.1, 0.15) is 6.92 Å². The van der Waals surface area contributed by atoms with Crippen LogP contribution in [0.2, 0.25) is 0 Å². The molecule has 40 valence electrons. The van der Waals surface area contributed by atoms with Crippen molar-refractivity contribution in [1.82, 2.24) is 0 Å². The third kappa shape index (κ3) is 3.03. The fraction of sp³-hybridized carbons (Fsp3) is 0.400. The van der Waals surface area contributed by atoms with Gasteiger partial charge < -0.3 is 4.74 Å². The first-order valence-electron chi connectivity index (χ1n) is 2.10. The van der Waals surface area contributed by atoms with E-state index in [1.807, 2.05) is 0 Å². The highest BCUT2D eigenvalue weighted by molar-refractivity contribution is 5.81. The second-order valence-corrected chi connectivity index (χ2v) is 0.956. The molecule has 2 heteroatoms. The highest BCUT2D eigenvalue weighted by Gasteiger charge is 1.86. The molecule has 0 aromatic rings. The maximum atomic E-state index is 10.1. The Morgan fingerprint density at radius 3 is 2.71 bits per heavy atom. The molecular formula is C5H8O2. The molecule has 0 amide bonds. The van der Waals surface area contributed by atoms with Gasteiger partial charge in [-0.05, 0) is 6.92 Å². The van der Waals surface area contributed by atoms with Crippen LogP contribution in [0.4, 0.5) is 0 Å². The van der Waals surface area contributed by atoms with E-state index in [9.17, 15) is 4.79 Å². The first kappa shape index (κ1) is 6.21. The van der Waals surface area contributed by atoms with Gasteiger partial charge in [-0.15, -0.1) is 0 Å². The Morgan fingerprint density at radius 1 is 2.00 bits per heavy atom. The minimum absolute atomic E-state index is 0.359. The highest BCUT2D eigenvalue weighted by atomic mass is 16.6. The van der Waals surface area contributed by atoms with Crippen molar-refractivity contribution in [2.24, 2.45) is 0 Å². The van der Waals surface area contributed by atoms with Crippen LogP contribution in [-0.4, -0.2) is 12.6 Å². The van der Waals surface area contributed by atoms with E-state index < -0.39 is 0 Å². The van der Waals surface area contributed by atoms with E-state index in [0.717, 1.165) is 6.08 Å². The molecule has 0 spiro atoms. The second kappa shape index (κ2) is 3.40. The Balaban J connectivity index is 3.17. The first-order valence-corrected chi connectivity index (χ1v) is 2.10. The molecule has 0 saturated heterocycles. The molecule has 0 saturated carbocycles. The van der Waals surface area contributed by atoms with Crippen LogP contribution in [-0.2, 0) is 9.53 Å². The van der Waals surface area contributed by atoms with Crippen LogP contribution in [0.3, 0.4) is 0 Å². The Morgan fingerprint density at radius 2 is 2.57 bits per heavy atom. The second-order valence-electron chi connectivity index (χ2n) is 0.956. The SMILES string of the molecule is CCO[13C](=O)[13CH]=[13CH2]. The smallest absolute Gasteiger partial charge is 0.330 e. The normalized spacial score (nSPS) is 7.57. The summed E-state index contributed by atoms with van der Waals surface area (Å²) in [6, 6.07) is 0. The molecule has 0 fully saturated rings. The van der Waals surface area contributed by atoms with Gasteiger partial charge in [0.1, 0.15) is 0 Å². The first-order chi connectivity index (χ1) is 3.31. The molecule has 7 heavy (non-hydrogen) atoms. The zero-order valence-electron chi connectivity index (χ0n) is 4.31. The molecule has 0 heterocycles. The summed E-state index contributed by atoms with van der Waals surface area (Å²) < 4.78 is 4.43. The van der Waals surface area contributed by atoms with Gasteiger partial charge in [0.2, 0.25) is 0 Å². The van der Waals surface area contributed by atoms with Crippen molar-refractivity contribution < 1.29 is 9.53 Å². The average molecular weight is 103 g/mol. The van der Waals surface area contributed by atoms with E-state index in [1.54, 1.807) is 6.92 Å². The molecule has 0 aliphatic heterocycles. The van der Waals surface area contributed by atoms with Crippen LogP contribution in [0.5, 0.6) is 0 Å². The molecule has 0 radical (unpaired) electrons. The Bertz CT molecular complexity index is 76.1. The van der Waals surface area contributed by atoms with Crippen molar-refractivity contribution in [2.75, 3.05) is 6.61 Å². The third-order valence-electron chi connectivity index (χ3n) is 0.453. The van der Waals surface area contributed by atoms with E-state index in [0.29, 0.717) is 6.61 Å². The lowest BCUT2D eigenvalue weighted by atomic mass is 10.9. The zero-order valence-corrected chi connectivity index (χ0v) is 4.31. The minimum Gasteiger partial charge on any atom is -0.463 e. The number of carbonyl (C=O) groups is 1. The predicted octanol–water partition coefficient (Wildman–Crippen LogP) is 0.736. The maximum absolute atomic E-state index is 10.1. The van der Waals surface area contributed by atoms with Crippen LogP contribution in [0.15, 0.2) is 12.7 Å². The summed E-state index contributed by atoms with van der Waals surface area (Å²) >= 11 is 0. The molecule has 0 bridgehead atoms. The number of hydrogen-bond acceptors (Lipinski definition) is 2. The van der Waals surface area contributed by atoms with Gasteiger partial charge in [-0.2, -0.15) is 0 Å². The Labute approximate surface area is 42.8 Å². The molecule has 0 rings (SSSR count). The summed E-state index contributed by atoms with van der Waals surface area (Å²) in [4.78, 5) is 10.1. The lowest BCUT2D eigenvalue weighted by Gasteiger charge is -1.90. The quantitative estimate of drug-likeness (QED) is 0.292. The van der Waals surface area contributed by atoms with E-state index in [-0.39, 0.29) is 5.97 Å². The van der Waals surface area contributed by atoms with Crippen molar-refractivity contribution in [3.8, 4) is 0 Å². The molecule has 0 N–H and O–H groups in total. The number of hydrogen-bond donors (Lipinski definition) is 0. The van der Waals surface area contributed by atoms with Gasteiger partial charge in [-0.1, -0.05) is 6.58 Å². The van der Waals surface area contributed by atoms with E-state index in [2.05, 4.69) is 11.3 Å². The fourth-order valence-electron chi connectivity index (χ4n) is 0.201. The van der Waals surface area contributed by atoms with E-state index >= 15 is 0 Å². The Kier molecular flexibility index (Phi) is 3.02. The summed E-state index contributed by atoms with van der Waals surface area (Å²) in [7, 11) is 0. The maximum Gasteiger partial charge on any atom is 0.330 e. The van der Waals surface area contributed by atoms with Crippen molar-refractivity contribution in [1.29, 1.82) is 0 Å². The van der Waals surface area contributed by atoms with Crippen LogP contribution < -0.4 is 0 Å². The van der Waals surface area contributed by atoms with Gasteiger partial charge in [-0.25, -0.2) is 4.79 Å². The van der Waals surface area contributed by atoms with Crippen molar-refractivity contribution in [2.45, 2.75) is 6.92 Å². The number of esters is 1. The van der Waals surface area contributed by atoms with E-state index in [1.165, 1.54) is 0 Å². The largest absolute Gasteiger partial charge is 0.463 e. The summed E-state index contributed by atoms with van der Waals surface area (Å²) in [5.74, 6) is -0.359. The molecule has 0 atom stereocenters. The van der Waals surface area contributed by atoms with Crippen molar-refractivity contribution in [3.63, 3.8) is 0 Å².